The van der Waals surface area contributed by atoms with Gasteiger partial charge in [0.15, 0.2) is 0 Å². The van der Waals surface area contributed by atoms with Crippen molar-refractivity contribution in [1.29, 1.82) is 0 Å². The molecule has 0 saturated heterocycles. The lowest BCUT2D eigenvalue weighted by Crippen LogP contribution is -2.23. The summed E-state index contributed by atoms with van der Waals surface area (Å²) >= 11 is 1.34. The standard InChI is InChI=1S/C15H11F3N2O2S/c16-15(17,18)10-3-1-9(2-4-10)12(21)7-20-8-19-13-11(14(20)22)5-6-23-13/h1-6,8,12,21H,7H2/t12-/m1/s1. The molecule has 1 aromatic carbocycles. The Morgan fingerprint density at radius 3 is 2.57 bits per heavy atom. The Morgan fingerprint density at radius 1 is 1.22 bits per heavy atom. The van der Waals surface area contributed by atoms with E-state index in [9.17, 15) is 23.1 Å². The van der Waals surface area contributed by atoms with Gasteiger partial charge >= 0.3 is 6.18 Å². The molecule has 3 rings (SSSR count). The second kappa shape index (κ2) is 5.78. The minimum atomic E-state index is -4.42. The van der Waals surface area contributed by atoms with Crippen molar-refractivity contribution in [3.63, 3.8) is 0 Å². The van der Waals surface area contributed by atoms with Crippen LogP contribution in [0.4, 0.5) is 13.2 Å². The van der Waals surface area contributed by atoms with E-state index in [1.165, 1.54) is 34.4 Å². The van der Waals surface area contributed by atoms with Crippen LogP contribution >= 0.6 is 11.3 Å². The van der Waals surface area contributed by atoms with Crippen LogP contribution in [0.3, 0.4) is 0 Å². The van der Waals surface area contributed by atoms with E-state index >= 15 is 0 Å². The van der Waals surface area contributed by atoms with Crippen LogP contribution in [0.1, 0.15) is 17.2 Å². The second-order valence-corrected chi connectivity index (χ2v) is 5.87. The summed E-state index contributed by atoms with van der Waals surface area (Å²) < 4.78 is 38.8. The predicted octanol–water partition coefficient (Wildman–Crippen LogP) is 3.21. The molecule has 0 aliphatic rings. The van der Waals surface area contributed by atoms with E-state index < -0.39 is 17.8 Å². The zero-order valence-electron chi connectivity index (χ0n) is 11.6. The molecule has 2 heterocycles. The van der Waals surface area contributed by atoms with Gasteiger partial charge in [-0.15, -0.1) is 11.3 Å². The molecule has 8 heteroatoms. The van der Waals surface area contributed by atoms with Gasteiger partial charge in [-0.3, -0.25) is 9.36 Å². The van der Waals surface area contributed by atoms with E-state index in [2.05, 4.69) is 4.98 Å². The lowest BCUT2D eigenvalue weighted by molar-refractivity contribution is -0.137. The minimum Gasteiger partial charge on any atom is -0.387 e. The van der Waals surface area contributed by atoms with Crippen LogP contribution in [-0.2, 0) is 12.7 Å². The number of rotatable bonds is 3. The number of aliphatic hydroxyl groups excluding tert-OH is 1. The van der Waals surface area contributed by atoms with E-state index in [0.717, 1.165) is 12.1 Å². The van der Waals surface area contributed by atoms with E-state index in [0.29, 0.717) is 15.8 Å². The summed E-state index contributed by atoms with van der Waals surface area (Å²) in [6.45, 7) is -0.0804. The van der Waals surface area contributed by atoms with Gasteiger partial charge < -0.3 is 5.11 Å². The molecule has 0 spiro atoms. The number of fused-ring (bicyclic) bond motifs is 1. The van der Waals surface area contributed by atoms with Gasteiger partial charge in [0.05, 0.1) is 29.9 Å². The number of hydrogen-bond acceptors (Lipinski definition) is 4. The topological polar surface area (TPSA) is 55.1 Å². The first-order valence-electron chi connectivity index (χ1n) is 6.64. The summed E-state index contributed by atoms with van der Waals surface area (Å²) in [5.74, 6) is 0. The SMILES string of the molecule is O=c1c2ccsc2ncn1C[C@@H](O)c1ccc(C(F)(F)F)cc1. The van der Waals surface area contributed by atoms with Gasteiger partial charge in [0, 0.05) is 0 Å². The molecule has 1 N–H and O–H groups in total. The summed E-state index contributed by atoms with van der Waals surface area (Å²) in [6.07, 6.45) is -4.20. The predicted molar refractivity (Wildman–Crippen MR) is 80.3 cm³/mol. The molecular weight excluding hydrogens is 329 g/mol. The van der Waals surface area contributed by atoms with Crippen molar-refractivity contribution in [2.75, 3.05) is 0 Å². The Bertz CT molecular complexity index is 884. The Balaban J connectivity index is 1.84. The average molecular weight is 340 g/mol. The molecule has 1 atom stereocenters. The number of aromatic nitrogens is 2. The van der Waals surface area contributed by atoms with Gasteiger partial charge in [-0.25, -0.2) is 4.98 Å². The van der Waals surface area contributed by atoms with Crippen molar-refractivity contribution in [1.82, 2.24) is 9.55 Å². The van der Waals surface area contributed by atoms with E-state index in [1.807, 2.05) is 0 Å². The fourth-order valence-electron chi connectivity index (χ4n) is 2.21. The molecule has 0 saturated carbocycles. The first kappa shape index (κ1) is 15.7. The van der Waals surface area contributed by atoms with E-state index in [4.69, 9.17) is 0 Å². The first-order chi connectivity index (χ1) is 10.9. The fraction of sp³-hybridized carbons (Fsp3) is 0.200. The summed E-state index contributed by atoms with van der Waals surface area (Å²) in [6, 6.07) is 5.86. The second-order valence-electron chi connectivity index (χ2n) is 4.98. The van der Waals surface area contributed by atoms with Gasteiger partial charge in [0.25, 0.3) is 5.56 Å². The lowest BCUT2D eigenvalue weighted by atomic mass is 10.1. The quantitative estimate of drug-likeness (QED) is 0.797. The Labute approximate surface area is 132 Å². The molecule has 0 bridgehead atoms. The molecule has 0 amide bonds. The van der Waals surface area contributed by atoms with Crippen molar-refractivity contribution in [3.05, 3.63) is 63.5 Å². The van der Waals surface area contributed by atoms with Gasteiger partial charge in [0.2, 0.25) is 0 Å². The zero-order chi connectivity index (χ0) is 16.6. The molecule has 120 valence electrons. The van der Waals surface area contributed by atoms with Crippen LogP contribution in [0.25, 0.3) is 10.2 Å². The third-order valence-electron chi connectivity index (χ3n) is 3.44. The highest BCUT2D eigenvalue weighted by Crippen LogP contribution is 2.30. The summed E-state index contributed by atoms with van der Waals surface area (Å²) in [5.41, 5.74) is -0.774. The Hall–Kier alpha value is -2.19. The smallest absolute Gasteiger partial charge is 0.387 e. The van der Waals surface area contributed by atoms with Crippen LogP contribution in [0, 0.1) is 0 Å². The monoisotopic (exact) mass is 340 g/mol. The number of alkyl halides is 3. The molecule has 0 aliphatic heterocycles. The summed E-state index contributed by atoms with van der Waals surface area (Å²) in [5, 5.41) is 12.4. The molecular formula is C15H11F3N2O2S. The van der Waals surface area contributed by atoms with Crippen molar-refractivity contribution >= 4 is 21.6 Å². The van der Waals surface area contributed by atoms with Crippen molar-refractivity contribution in [2.24, 2.45) is 0 Å². The lowest BCUT2D eigenvalue weighted by Gasteiger charge is -2.14. The molecule has 23 heavy (non-hydrogen) atoms. The van der Waals surface area contributed by atoms with Crippen molar-refractivity contribution in [3.8, 4) is 0 Å². The highest BCUT2D eigenvalue weighted by Gasteiger charge is 2.30. The molecule has 4 nitrogen and oxygen atoms in total. The van der Waals surface area contributed by atoms with Gasteiger partial charge in [0.1, 0.15) is 4.83 Å². The maximum atomic E-state index is 12.5. The molecule has 3 aromatic rings. The van der Waals surface area contributed by atoms with Crippen LogP contribution in [0.15, 0.2) is 46.8 Å². The van der Waals surface area contributed by atoms with Gasteiger partial charge in [-0.2, -0.15) is 13.2 Å². The summed E-state index contributed by atoms with van der Waals surface area (Å²) in [7, 11) is 0. The largest absolute Gasteiger partial charge is 0.416 e. The number of halogens is 3. The first-order valence-corrected chi connectivity index (χ1v) is 7.52. The maximum Gasteiger partial charge on any atom is 0.416 e. The van der Waals surface area contributed by atoms with E-state index in [-0.39, 0.29) is 12.1 Å². The maximum absolute atomic E-state index is 12.5. The summed E-state index contributed by atoms with van der Waals surface area (Å²) in [4.78, 5) is 16.9. The molecule has 0 radical (unpaired) electrons. The van der Waals surface area contributed by atoms with E-state index in [1.54, 1.807) is 11.4 Å². The zero-order valence-corrected chi connectivity index (χ0v) is 12.4. The Morgan fingerprint density at radius 2 is 1.91 bits per heavy atom. The number of aliphatic hydroxyl groups is 1. The number of thiophene rings is 1. The number of hydrogen-bond donors (Lipinski definition) is 1. The minimum absolute atomic E-state index is 0.0804. The third-order valence-corrected chi connectivity index (χ3v) is 4.26. The molecule has 0 aliphatic carbocycles. The fourth-order valence-corrected chi connectivity index (χ4v) is 2.93. The van der Waals surface area contributed by atoms with Gasteiger partial charge in [-0.1, -0.05) is 12.1 Å². The Kier molecular flexibility index (Phi) is 3.95. The average Bonchev–Trinajstić information content (AvgIpc) is 2.98. The van der Waals surface area contributed by atoms with Crippen LogP contribution in [0.2, 0.25) is 0 Å². The third kappa shape index (κ3) is 3.13. The normalized spacial score (nSPS) is 13.4. The van der Waals surface area contributed by atoms with Crippen LogP contribution in [0.5, 0.6) is 0 Å². The van der Waals surface area contributed by atoms with Crippen molar-refractivity contribution in [2.45, 2.75) is 18.8 Å². The van der Waals surface area contributed by atoms with Gasteiger partial charge in [-0.05, 0) is 29.1 Å². The highest BCUT2D eigenvalue weighted by molar-refractivity contribution is 7.16. The van der Waals surface area contributed by atoms with Crippen molar-refractivity contribution < 1.29 is 18.3 Å². The molecule has 2 aromatic heterocycles. The highest BCUT2D eigenvalue weighted by atomic mass is 32.1. The van der Waals surface area contributed by atoms with Crippen LogP contribution in [-0.4, -0.2) is 14.7 Å². The van der Waals surface area contributed by atoms with Crippen LogP contribution < -0.4 is 5.56 Å². The number of benzene rings is 1. The molecule has 0 fully saturated rings. The number of nitrogens with zero attached hydrogens (tertiary/aromatic N) is 2. The molecule has 0 unspecified atom stereocenters.